The topological polar surface area (TPSA) is 99.6 Å². The molecule has 2 aromatic heterocycles. The lowest BCUT2D eigenvalue weighted by atomic mass is 10.4. The molecule has 0 bridgehead atoms. The number of nitrogens with two attached hydrogens (primary N) is 1. The van der Waals surface area contributed by atoms with E-state index in [1.165, 1.54) is 11.0 Å². The summed E-state index contributed by atoms with van der Waals surface area (Å²) in [5.74, 6) is 0.624. The molecule has 0 aliphatic carbocycles. The van der Waals surface area contributed by atoms with Crippen molar-refractivity contribution in [3.63, 3.8) is 0 Å². The lowest BCUT2D eigenvalue weighted by Crippen LogP contribution is -2.03. The maximum absolute atomic E-state index is 11.9. The minimum atomic E-state index is -1.28. The summed E-state index contributed by atoms with van der Waals surface area (Å²) in [5, 5.41) is 11.4. The predicted molar refractivity (Wildman–Crippen MR) is 57.6 cm³/mol. The second-order valence-electron chi connectivity index (χ2n) is 3.10. The van der Waals surface area contributed by atoms with Crippen LogP contribution in [0.1, 0.15) is 5.82 Å². The zero-order valence-corrected chi connectivity index (χ0v) is 9.39. The lowest BCUT2D eigenvalue weighted by Gasteiger charge is -2.01. The summed E-state index contributed by atoms with van der Waals surface area (Å²) in [7, 11) is 0.377. The summed E-state index contributed by atoms with van der Waals surface area (Å²) in [6.45, 7) is 0. The summed E-state index contributed by atoms with van der Waals surface area (Å²) in [6, 6.07) is 1.63. The van der Waals surface area contributed by atoms with Gasteiger partial charge < -0.3 is 5.73 Å². The minimum absolute atomic E-state index is 0.196. The number of tetrazole rings is 1. The van der Waals surface area contributed by atoms with Crippen molar-refractivity contribution in [2.24, 2.45) is 7.05 Å². The average molecular weight is 238 g/mol. The van der Waals surface area contributed by atoms with Crippen molar-refractivity contribution in [1.82, 2.24) is 25.2 Å². The number of aromatic nitrogens is 5. The van der Waals surface area contributed by atoms with E-state index in [1.54, 1.807) is 19.3 Å². The van der Waals surface area contributed by atoms with E-state index in [1.807, 2.05) is 0 Å². The number of nitrogen functional groups attached to an aromatic ring is 1. The van der Waals surface area contributed by atoms with Gasteiger partial charge in [0.15, 0.2) is 5.82 Å². The fourth-order valence-electron chi connectivity index (χ4n) is 1.18. The number of aryl methyl sites for hydroxylation is 1. The summed E-state index contributed by atoms with van der Waals surface area (Å²) in [5.41, 5.74) is 6.07. The molecule has 0 aromatic carbocycles. The molecule has 2 N–H and O–H groups in total. The first-order valence-electron chi connectivity index (χ1n) is 4.47. The Kier molecular flexibility index (Phi) is 2.91. The highest BCUT2D eigenvalue weighted by atomic mass is 32.2. The van der Waals surface area contributed by atoms with Crippen LogP contribution in [0.4, 0.5) is 5.69 Å². The standard InChI is InChI=1S/C8H10N6OS/c1-14-12-8(11-13-14)5-16(15)7-2-3-10-4-6(7)9/h2-4H,5,9H2,1H3. The van der Waals surface area contributed by atoms with Gasteiger partial charge in [0, 0.05) is 6.20 Å². The van der Waals surface area contributed by atoms with E-state index in [0.29, 0.717) is 16.4 Å². The fraction of sp³-hybridized carbons (Fsp3) is 0.250. The van der Waals surface area contributed by atoms with Crippen LogP contribution >= 0.6 is 0 Å². The van der Waals surface area contributed by atoms with Crippen molar-refractivity contribution >= 4 is 16.5 Å². The largest absolute Gasteiger partial charge is 0.396 e. The lowest BCUT2D eigenvalue weighted by molar-refractivity contribution is 0.628. The fourth-order valence-corrected chi connectivity index (χ4v) is 2.21. The Balaban J connectivity index is 2.18. The number of anilines is 1. The van der Waals surface area contributed by atoms with Crippen LogP contribution in [0.2, 0.25) is 0 Å². The van der Waals surface area contributed by atoms with Crippen LogP contribution in [0.5, 0.6) is 0 Å². The molecule has 0 aliphatic rings. The van der Waals surface area contributed by atoms with Gasteiger partial charge in [-0.2, -0.15) is 4.80 Å². The molecule has 1 unspecified atom stereocenters. The minimum Gasteiger partial charge on any atom is -0.396 e. The molecule has 0 radical (unpaired) electrons. The summed E-state index contributed by atoms with van der Waals surface area (Å²) >= 11 is 0. The van der Waals surface area contributed by atoms with E-state index >= 15 is 0 Å². The van der Waals surface area contributed by atoms with Crippen molar-refractivity contribution < 1.29 is 4.21 Å². The number of rotatable bonds is 3. The van der Waals surface area contributed by atoms with Crippen LogP contribution in [-0.2, 0) is 23.6 Å². The molecule has 7 nitrogen and oxygen atoms in total. The maximum atomic E-state index is 11.9. The first-order valence-corrected chi connectivity index (χ1v) is 5.79. The molecule has 0 aliphatic heterocycles. The van der Waals surface area contributed by atoms with E-state index in [4.69, 9.17) is 5.73 Å². The number of hydrogen-bond acceptors (Lipinski definition) is 6. The van der Waals surface area contributed by atoms with Gasteiger partial charge in [-0.05, 0) is 11.3 Å². The van der Waals surface area contributed by atoms with Crippen LogP contribution < -0.4 is 5.73 Å². The third kappa shape index (κ3) is 2.22. The van der Waals surface area contributed by atoms with E-state index in [-0.39, 0.29) is 5.75 Å². The molecule has 0 amide bonds. The van der Waals surface area contributed by atoms with Gasteiger partial charge in [-0.1, -0.05) is 0 Å². The molecular formula is C8H10N6OS. The van der Waals surface area contributed by atoms with Gasteiger partial charge in [0.2, 0.25) is 0 Å². The first kappa shape index (κ1) is 10.7. The Morgan fingerprint density at radius 2 is 2.38 bits per heavy atom. The van der Waals surface area contributed by atoms with Crippen molar-refractivity contribution in [2.75, 3.05) is 5.73 Å². The zero-order chi connectivity index (χ0) is 11.5. The summed E-state index contributed by atoms with van der Waals surface area (Å²) in [6.07, 6.45) is 3.02. The Morgan fingerprint density at radius 3 is 3.00 bits per heavy atom. The zero-order valence-electron chi connectivity index (χ0n) is 8.57. The molecule has 8 heteroatoms. The highest BCUT2D eigenvalue weighted by molar-refractivity contribution is 7.84. The number of hydrogen-bond donors (Lipinski definition) is 1. The molecule has 0 fully saturated rings. The molecule has 2 aromatic rings. The molecular weight excluding hydrogens is 228 g/mol. The van der Waals surface area contributed by atoms with E-state index in [9.17, 15) is 4.21 Å². The summed E-state index contributed by atoms with van der Waals surface area (Å²) in [4.78, 5) is 5.70. The Bertz CT molecular complexity index is 525. The third-order valence-electron chi connectivity index (χ3n) is 1.87. The molecule has 0 spiro atoms. The van der Waals surface area contributed by atoms with Crippen molar-refractivity contribution in [3.8, 4) is 0 Å². The van der Waals surface area contributed by atoms with Gasteiger partial charge in [-0.15, -0.1) is 10.2 Å². The van der Waals surface area contributed by atoms with Crippen molar-refractivity contribution in [3.05, 3.63) is 24.3 Å². The second kappa shape index (κ2) is 4.35. The van der Waals surface area contributed by atoms with Crippen LogP contribution in [0, 0.1) is 0 Å². The van der Waals surface area contributed by atoms with Gasteiger partial charge in [-0.3, -0.25) is 9.19 Å². The van der Waals surface area contributed by atoms with Crippen LogP contribution in [0.25, 0.3) is 0 Å². The predicted octanol–water partition coefficient (Wildman–Crippen LogP) is -0.505. The monoisotopic (exact) mass is 238 g/mol. The van der Waals surface area contributed by atoms with Gasteiger partial charge >= 0.3 is 0 Å². The first-order chi connectivity index (χ1) is 7.66. The number of nitrogens with zero attached hydrogens (tertiary/aromatic N) is 5. The van der Waals surface area contributed by atoms with Crippen LogP contribution in [-0.4, -0.2) is 29.4 Å². The quantitative estimate of drug-likeness (QED) is 0.773. The summed E-state index contributed by atoms with van der Waals surface area (Å²) < 4.78 is 11.9. The molecule has 16 heavy (non-hydrogen) atoms. The van der Waals surface area contributed by atoms with Gasteiger partial charge in [0.1, 0.15) is 0 Å². The second-order valence-corrected chi connectivity index (χ2v) is 4.52. The molecule has 0 saturated carbocycles. The van der Waals surface area contributed by atoms with E-state index in [2.05, 4.69) is 20.4 Å². The van der Waals surface area contributed by atoms with Crippen molar-refractivity contribution in [2.45, 2.75) is 10.6 Å². The van der Waals surface area contributed by atoms with Crippen molar-refractivity contribution in [1.29, 1.82) is 0 Å². The van der Waals surface area contributed by atoms with Gasteiger partial charge in [0.05, 0.1) is 40.4 Å². The molecule has 0 saturated heterocycles. The highest BCUT2D eigenvalue weighted by Gasteiger charge is 2.11. The highest BCUT2D eigenvalue weighted by Crippen LogP contribution is 2.15. The number of pyridine rings is 1. The Morgan fingerprint density at radius 1 is 1.56 bits per heavy atom. The molecule has 1 atom stereocenters. The molecule has 2 rings (SSSR count). The van der Waals surface area contributed by atoms with Gasteiger partial charge in [0.25, 0.3) is 0 Å². The third-order valence-corrected chi connectivity index (χ3v) is 3.25. The van der Waals surface area contributed by atoms with Gasteiger partial charge in [-0.25, -0.2) is 0 Å². The molecule has 84 valence electrons. The van der Waals surface area contributed by atoms with E-state index in [0.717, 1.165) is 0 Å². The smallest absolute Gasteiger partial charge is 0.187 e. The normalized spacial score (nSPS) is 12.6. The maximum Gasteiger partial charge on any atom is 0.187 e. The van der Waals surface area contributed by atoms with E-state index < -0.39 is 10.8 Å². The van der Waals surface area contributed by atoms with Crippen LogP contribution in [0.3, 0.4) is 0 Å². The Hall–Kier alpha value is -1.83. The SMILES string of the molecule is Cn1nnc(CS(=O)c2ccncc2N)n1. The average Bonchev–Trinajstić information content (AvgIpc) is 2.64. The Labute approximate surface area is 94.1 Å². The molecule has 2 heterocycles. The van der Waals surface area contributed by atoms with Crippen LogP contribution in [0.15, 0.2) is 23.4 Å².